The summed E-state index contributed by atoms with van der Waals surface area (Å²) in [4.78, 5) is 0. The van der Waals surface area contributed by atoms with E-state index < -0.39 is 0 Å². The van der Waals surface area contributed by atoms with Crippen molar-refractivity contribution >= 4 is 0 Å². The topological polar surface area (TPSA) is 44.0 Å². The van der Waals surface area contributed by atoms with Gasteiger partial charge in [-0.3, -0.25) is 0 Å². The lowest BCUT2D eigenvalue weighted by Gasteiger charge is -2.16. The molecule has 0 radical (unpaired) electrons. The maximum Gasteiger partial charge on any atom is 0.115 e. The van der Waals surface area contributed by atoms with Crippen molar-refractivity contribution in [3.8, 4) is 11.8 Å². The molecule has 1 aromatic rings. The van der Waals surface area contributed by atoms with E-state index in [1.807, 2.05) is 12.1 Å². The first-order valence-corrected chi connectivity index (χ1v) is 6.43. The molecule has 0 saturated carbocycles. The van der Waals surface area contributed by atoms with Crippen LogP contribution in [0, 0.1) is 11.3 Å². The van der Waals surface area contributed by atoms with Crippen LogP contribution in [-0.4, -0.2) is 5.11 Å². The summed E-state index contributed by atoms with van der Waals surface area (Å²) in [7, 11) is 0. The van der Waals surface area contributed by atoms with Gasteiger partial charge < -0.3 is 5.11 Å². The van der Waals surface area contributed by atoms with Crippen LogP contribution in [-0.2, 0) is 0 Å². The molecule has 0 heterocycles. The van der Waals surface area contributed by atoms with Crippen molar-refractivity contribution in [1.82, 2.24) is 0 Å². The molecule has 0 bridgehead atoms. The van der Waals surface area contributed by atoms with Gasteiger partial charge in [-0.05, 0) is 42.9 Å². The third-order valence-electron chi connectivity index (χ3n) is 3.09. The molecule has 17 heavy (non-hydrogen) atoms. The summed E-state index contributed by atoms with van der Waals surface area (Å²) in [5.74, 6) is 0.819. The number of unbranched alkanes of at least 4 members (excludes halogenated alkanes) is 2. The summed E-state index contributed by atoms with van der Waals surface area (Å²) in [6.45, 7) is 2.19. The fourth-order valence-corrected chi connectivity index (χ4v) is 2.13. The molecule has 1 unspecified atom stereocenters. The van der Waals surface area contributed by atoms with E-state index in [9.17, 15) is 5.11 Å². The van der Waals surface area contributed by atoms with Crippen molar-refractivity contribution in [1.29, 1.82) is 5.26 Å². The van der Waals surface area contributed by atoms with Crippen LogP contribution in [0.4, 0.5) is 0 Å². The van der Waals surface area contributed by atoms with E-state index in [4.69, 9.17) is 5.26 Å². The third-order valence-corrected chi connectivity index (χ3v) is 3.09. The van der Waals surface area contributed by atoms with Crippen LogP contribution < -0.4 is 0 Å². The van der Waals surface area contributed by atoms with Crippen LogP contribution in [0.2, 0.25) is 0 Å². The fraction of sp³-hybridized carbons (Fsp3) is 0.533. The summed E-state index contributed by atoms with van der Waals surface area (Å²) in [5, 5.41) is 18.1. The molecule has 0 aromatic heterocycles. The second-order valence-corrected chi connectivity index (χ2v) is 4.48. The first-order chi connectivity index (χ1) is 8.27. The zero-order valence-electron chi connectivity index (χ0n) is 10.5. The maximum absolute atomic E-state index is 9.51. The smallest absolute Gasteiger partial charge is 0.115 e. The van der Waals surface area contributed by atoms with Gasteiger partial charge in [0.15, 0.2) is 0 Å². The predicted molar refractivity (Wildman–Crippen MR) is 69.8 cm³/mol. The van der Waals surface area contributed by atoms with Crippen LogP contribution in [0.3, 0.4) is 0 Å². The SMILES string of the molecule is CCCCC(CCCC#N)c1cccc(O)c1. The zero-order valence-corrected chi connectivity index (χ0v) is 10.5. The van der Waals surface area contributed by atoms with Gasteiger partial charge in [-0.15, -0.1) is 0 Å². The largest absolute Gasteiger partial charge is 0.508 e. The first-order valence-electron chi connectivity index (χ1n) is 6.43. The van der Waals surface area contributed by atoms with E-state index >= 15 is 0 Å². The number of hydrogen-bond donors (Lipinski definition) is 1. The molecule has 0 aliphatic carbocycles. The molecule has 2 nitrogen and oxygen atoms in total. The standard InChI is InChI=1S/C15H21NO/c1-2-3-7-13(8-4-5-11-16)14-9-6-10-15(17)12-14/h6,9-10,12-13,17H,2-5,7-8H2,1H3. The summed E-state index contributed by atoms with van der Waals surface area (Å²) in [6.07, 6.45) is 6.14. The second-order valence-electron chi connectivity index (χ2n) is 4.48. The highest BCUT2D eigenvalue weighted by Crippen LogP contribution is 2.29. The monoisotopic (exact) mass is 231 g/mol. The van der Waals surface area contributed by atoms with Gasteiger partial charge in [0.25, 0.3) is 0 Å². The van der Waals surface area contributed by atoms with Crippen molar-refractivity contribution in [3.05, 3.63) is 29.8 Å². The third kappa shape index (κ3) is 4.91. The normalized spacial score (nSPS) is 12.0. The van der Waals surface area contributed by atoms with Crippen molar-refractivity contribution < 1.29 is 5.11 Å². The lowest BCUT2D eigenvalue weighted by atomic mass is 9.89. The average molecular weight is 231 g/mol. The number of benzene rings is 1. The van der Waals surface area contributed by atoms with Crippen LogP contribution in [0.1, 0.15) is 56.9 Å². The van der Waals surface area contributed by atoms with Crippen molar-refractivity contribution in [3.63, 3.8) is 0 Å². The molecular weight excluding hydrogens is 210 g/mol. The molecule has 0 amide bonds. The van der Waals surface area contributed by atoms with E-state index in [2.05, 4.69) is 19.1 Å². The molecule has 92 valence electrons. The Morgan fingerprint density at radius 1 is 1.29 bits per heavy atom. The highest BCUT2D eigenvalue weighted by Gasteiger charge is 2.11. The van der Waals surface area contributed by atoms with Crippen molar-refractivity contribution in [2.24, 2.45) is 0 Å². The fourth-order valence-electron chi connectivity index (χ4n) is 2.13. The molecule has 0 aliphatic heterocycles. The number of aromatic hydroxyl groups is 1. The maximum atomic E-state index is 9.51. The Hall–Kier alpha value is -1.49. The van der Waals surface area contributed by atoms with Crippen molar-refractivity contribution in [2.75, 3.05) is 0 Å². The van der Waals surface area contributed by atoms with E-state index in [-0.39, 0.29) is 0 Å². The van der Waals surface area contributed by atoms with Crippen LogP contribution in [0.5, 0.6) is 5.75 Å². The van der Waals surface area contributed by atoms with Gasteiger partial charge >= 0.3 is 0 Å². The van der Waals surface area contributed by atoms with Gasteiger partial charge in [-0.25, -0.2) is 0 Å². The number of nitrogens with zero attached hydrogens (tertiary/aromatic N) is 1. The lowest BCUT2D eigenvalue weighted by molar-refractivity contribution is 0.470. The molecule has 1 atom stereocenters. The molecule has 0 spiro atoms. The molecule has 1 N–H and O–H groups in total. The van der Waals surface area contributed by atoms with Gasteiger partial charge in [0.2, 0.25) is 0 Å². The van der Waals surface area contributed by atoms with Crippen molar-refractivity contribution in [2.45, 2.75) is 51.4 Å². The number of phenols is 1. The molecule has 0 saturated heterocycles. The van der Waals surface area contributed by atoms with E-state index in [1.54, 1.807) is 6.07 Å². The summed E-state index contributed by atoms with van der Waals surface area (Å²) < 4.78 is 0. The number of hydrogen-bond acceptors (Lipinski definition) is 2. The summed E-state index contributed by atoms with van der Waals surface area (Å²) in [6, 6.07) is 9.72. The number of rotatable bonds is 7. The Labute approximate surface area is 104 Å². The molecule has 1 rings (SSSR count). The minimum Gasteiger partial charge on any atom is -0.508 e. The predicted octanol–water partition coefficient (Wildman–Crippen LogP) is 4.36. The molecule has 1 aromatic carbocycles. The van der Waals surface area contributed by atoms with Gasteiger partial charge in [-0.1, -0.05) is 31.9 Å². The van der Waals surface area contributed by atoms with Gasteiger partial charge in [0.05, 0.1) is 6.07 Å². The van der Waals surface area contributed by atoms with Gasteiger partial charge in [0, 0.05) is 6.42 Å². The Bertz CT molecular complexity index is 367. The Morgan fingerprint density at radius 3 is 2.71 bits per heavy atom. The number of nitriles is 1. The van der Waals surface area contributed by atoms with Gasteiger partial charge in [0.1, 0.15) is 5.75 Å². The average Bonchev–Trinajstić information content (AvgIpc) is 2.33. The zero-order chi connectivity index (χ0) is 12.5. The van der Waals surface area contributed by atoms with E-state index in [0.29, 0.717) is 18.1 Å². The minimum atomic E-state index is 0.337. The quantitative estimate of drug-likeness (QED) is 0.708. The second kappa shape index (κ2) is 7.73. The molecule has 0 aliphatic rings. The van der Waals surface area contributed by atoms with E-state index in [1.165, 1.54) is 18.4 Å². The molecule has 0 fully saturated rings. The minimum absolute atomic E-state index is 0.337. The highest BCUT2D eigenvalue weighted by molar-refractivity contribution is 5.29. The summed E-state index contributed by atoms with van der Waals surface area (Å²) in [5.41, 5.74) is 1.20. The summed E-state index contributed by atoms with van der Waals surface area (Å²) >= 11 is 0. The van der Waals surface area contributed by atoms with Gasteiger partial charge in [-0.2, -0.15) is 5.26 Å². The lowest BCUT2D eigenvalue weighted by Crippen LogP contribution is -1.99. The Balaban J connectivity index is 2.64. The Kier molecular flexibility index (Phi) is 6.17. The van der Waals surface area contributed by atoms with Crippen LogP contribution in [0.25, 0.3) is 0 Å². The van der Waals surface area contributed by atoms with E-state index in [0.717, 1.165) is 19.3 Å². The molecular formula is C15H21NO. The number of phenolic OH excluding ortho intramolecular Hbond substituents is 1. The van der Waals surface area contributed by atoms with Crippen LogP contribution >= 0.6 is 0 Å². The van der Waals surface area contributed by atoms with Crippen LogP contribution in [0.15, 0.2) is 24.3 Å². The highest BCUT2D eigenvalue weighted by atomic mass is 16.3. The Morgan fingerprint density at radius 2 is 2.06 bits per heavy atom. The molecule has 2 heteroatoms. The first kappa shape index (κ1) is 13.6.